The molecule has 2 fully saturated rings. The van der Waals surface area contributed by atoms with Crippen LogP contribution in [0.1, 0.15) is 53.1 Å². The molecule has 0 N–H and O–H groups in total. The van der Waals surface area contributed by atoms with E-state index in [1.54, 1.807) is 30.5 Å². The van der Waals surface area contributed by atoms with Gasteiger partial charge in [0.05, 0.1) is 18.4 Å². The highest BCUT2D eigenvalue weighted by Gasteiger charge is 2.75. The summed E-state index contributed by atoms with van der Waals surface area (Å²) in [5.41, 5.74) is -0.494. The predicted molar refractivity (Wildman–Crippen MR) is 123 cm³/mol. The zero-order valence-electron chi connectivity index (χ0n) is 19.4. The molecule has 6 rings (SSSR count). The largest absolute Gasteiger partial charge is 0.469 e. The number of nitrogens with zero attached hydrogens (tertiary/aromatic N) is 2. The summed E-state index contributed by atoms with van der Waals surface area (Å²) in [6.45, 7) is 2.94. The Labute approximate surface area is 205 Å². The van der Waals surface area contributed by atoms with Crippen molar-refractivity contribution in [2.45, 2.75) is 37.6 Å². The van der Waals surface area contributed by atoms with E-state index in [-0.39, 0.29) is 11.3 Å². The minimum absolute atomic E-state index is 0.195. The van der Waals surface area contributed by atoms with Gasteiger partial charge in [-0.25, -0.2) is 4.39 Å². The number of benzene rings is 2. The molecule has 3 atom stereocenters. The second kappa shape index (κ2) is 7.61. The number of ketones is 1. The summed E-state index contributed by atoms with van der Waals surface area (Å²) in [6, 6.07) is 13.3. The number of hydrazone groups is 1. The van der Waals surface area contributed by atoms with Crippen LogP contribution in [-0.2, 0) is 19.1 Å². The molecule has 2 saturated heterocycles. The fourth-order valence-corrected chi connectivity index (χ4v) is 5.58. The van der Waals surface area contributed by atoms with Gasteiger partial charge in [0.1, 0.15) is 23.7 Å². The molecule has 2 aromatic carbocycles. The van der Waals surface area contributed by atoms with Gasteiger partial charge in [0.15, 0.2) is 5.78 Å². The molecule has 4 heterocycles. The Kier molecular flexibility index (Phi) is 4.70. The number of furan rings is 1. The molecule has 9 heteroatoms. The van der Waals surface area contributed by atoms with Gasteiger partial charge >= 0.3 is 11.9 Å². The van der Waals surface area contributed by atoms with Crippen LogP contribution < -0.4 is 0 Å². The smallest absolute Gasteiger partial charge is 0.330 e. The molecule has 0 bridgehead atoms. The second-order valence-corrected chi connectivity index (χ2v) is 9.51. The van der Waals surface area contributed by atoms with E-state index < -0.39 is 52.7 Å². The molecule has 0 radical (unpaired) electrons. The number of fused-ring (bicyclic) bond motifs is 4. The molecule has 1 aromatic heterocycles. The average Bonchev–Trinajstić information content (AvgIpc) is 3.47. The third-order valence-electron chi connectivity index (χ3n) is 7.01. The van der Waals surface area contributed by atoms with Crippen LogP contribution in [0.3, 0.4) is 0 Å². The van der Waals surface area contributed by atoms with E-state index in [9.17, 15) is 18.8 Å². The van der Waals surface area contributed by atoms with E-state index in [4.69, 9.17) is 13.9 Å². The molecule has 3 aromatic rings. The zero-order chi connectivity index (χ0) is 25.2. The van der Waals surface area contributed by atoms with Crippen molar-refractivity contribution >= 4 is 23.9 Å². The lowest BCUT2D eigenvalue weighted by Gasteiger charge is -2.43. The molecular formula is C27H21FN2O6. The Bertz CT molecular complexity index is 1390. The van der Waals surface area contributed by atoms with Crippen molar-refractivity contribution < 1.29 is 32.7 Å². The van der Waals surface area contributed by atoms with E-state index in [1.807, 2.05) is 12.1 Å². The summed E-state index contributed by atoms with van der Waals surface area (Å²) in [5.74, 6) is -5.03. The first-order valence-corrected chi connectivity index (χ1v) is 11.5. The summed E-state index contributed by atoms with van der Waals surface area (Å²) >= 11 is 0. The SMILES string of the molecule is CC1(C)OC(=O)C2(C(=O)O1)[C@H](c1ccco1)[C@@H](C(=O)c1ccc(F)cc1)N1N=Cc3ccccc3[C@@H]12. The number of ether oxygens (including phenoxy) is 2. The molecule has 8 nitrogen and oxygen atoms in total. The van der Waals surface area contributed by atoms with E-state index in [0.717, 1.165) is 0 Å². The van der Waals surface area contributed by atoms with Crippen molar-refractivity contribution in [3.05, 3.63) is 95.2 Å². The number of hydrogen-bond donors (Lipinski definition) is 0. The Balaban J connectivity index is 1.63. The topological polar surface area (TPSA) is 98.4 Å². The number of hydrogen-bond acceptors (Lipinski definition) is 8. The Morgan fingerprint density at radius 3 is 2.33 bits per heavy atom. The first kappa shape index (κ1) is 22.2. The molecule has 0 aliphatic carbocycles. The van der Waals surface area contributed by atoms with Crippen molar-refractivity contribution in [2.24, 2.45) is 10.5 Å². The van der Waals surface area contributed by atoms with Crippen molar-refractivity contribution in [3.63, 3.8) is 0 Å². The number of cyclic esters (lactones) is 2. The fourth-order valence-electron chi connectivity index (χ4n) is 5.58. The van der Waals surface area contributed by atoms with Crippen molar-refractivity contribution in [1.82, 2.24) is 5.01 Å². The van der Waals surface area contributed by atoms with Gasteiger partial charge in [-0.1, -0.05) is 24.3 Å². The summed E-state index contributed by atoms with van der Waals surface area (Å²) in [6.07, 6.45) is 2.98. The van der Waals surface area contributed by atoms with Crippen LogP contribution in [0.15, 0.2) is 76.4 Å². The summed E-state index contributed by atoms with van der Waals surface area (Å²) in [5, 5.41) is 6.01. The second-order valence-electron chi connectivity index (χ2n) is 9.51. The third-order valence-corrected chi connectivity index (χ3v) is 7.01. The number of rotatable bonds is 3. The zero-order valence-corrected chi connectivity index (χ0v) is 19.4. The maximum Gasteiger partial charge on any atom is 0.330 e. The molecule has 1 spiro atoms. The van der Waals surface area contributed by atoms with Crippen LogP contribution in [0, 0.1) is 11.2 Å². The average molecular weight is 488 g/mol. The summed E-state index contributed by atoms with van der Waals surface area (Å²) in [4.78, 5) is 41.9. The van der Waals surface area contributed by atoms with Crippen LogP contribution >= 0.6 is 0 Å². The van der Waals surface area contributed by atoms with Crippen LogP contribution in [-0.4, -0.2) is 40.8 Å². The minimum Gasteiger partial charge on any atom is -0.469 e. The van der Waals surface area contributed by atoms with Crippen LogP contribution in [0.2, 0.25) is 0 Å². The van der Waals surface area contributed by atoms with E-state index in [0.29, 0.717) is 11.1 Å². The maximum absolute atomic E-state index is 14.0. The normalized spacial score (nSPS) is 25.2. The quantitative estimate of drug-likeness (QED) is 0.312. The first-order valence-electron chi connectivity index (χ1n) is 11.5. The Morgan fingerprint density at radius 2 is 1.67 bits per heavy atom. The third kappa shape index (κ3) is 2.98. The molecule has 3 aliphatic rings. The highest BCUT2D eigenvalue weighted by Crippen LogP contribution is 2.62. The van der Waals surface area contributed by atoms with Gasteiger partial charge in [0, 0.05) is 19.4 Å². The molecule has 0 amide bonds. The maximum atomic E-state index is 14.0. The van der Waals surface area contributed by atoms with Crippen LogP contribution in [0.5, 0.6) is 0 Å². The molecule has 182 valence electrons. The highest BCUT2D eigenvalue weighted by molar-refractivity contribution is 6.09. The standard InChI is InChI=1S/C27H21FN2O6/c1-26(2)35-24(32)27(25(33)36-26)20(19-8-5-13-34-19)21(22(31)15-9-11-17(28)12-10-15)30-23(27)18-7-4-3-6-16(18)14-29-30/h3-14,20-21,23H,1-2H3/t20-,21+,23-/m1/s1. The molecule has 0 saturated carbocycles. The number of halogens is 1. The van der Waals surface area contributed by atoms with Gasteiger partial charge in [-0.3, -0.25) is 19.4 Å². The molecule has 3 aliphatic heterocycles. The van der Waals surface area contributed by atoms with Gasteiger partial charge in [-0.2, -0.15) is 5.10 Å². The molecular weight excluding hydrogens is 467 g/mol. The van der Waals surface area contributed by atoms with E-state index in [1.165, 1.54) is 49.4 Å². The van der Waals surface area contributed by atoms with Gasteiger partial charge in [0.2, 0.25) is 5.41 Å². The lowest BCUT2D eigenvalue weighted by atomic mass is 9.66. The van der Waals surface area contributed by atoms with Crippen LogP contribution in [0.4, 0.5) is 4.39 Å². The summed E-state index contributed by atoms with van der Waals surface area (Å²) in [7, 11) is 0. The van der Waals surface area contributed by atoms with Crippen LogP contribution in [0.25, 0.3) is 0 Å². The van der Waals surface area contributed by atoms with Crippen molar-refractivity contribution in [2.75, 3.05) is 0 Å². The van der Waals surface area contributed by atoms with Crippen molar-refractivity contribution in [3.8, 4) is 0 Å². The van der Waals surface area contributed by atoms with E-state index in [2.05, 4.69) is 5.10 Å². The summed E-state index contributed by atoms with van der Waals surface area (Å²) < 4.78 is 30.7. The highest BCUT2D eigenvalue weighted by atomic mass is 19.1. The number of Topliss-reactive ketones (excluding diaryl/α,β-unsaturated/α-hetero) is 1. The number of carbonyl (C=O) groups is 3. The lowest BCUT2D eigenvalue weighted by molar-refractivity contribution is -0.254. The van der Waals surface area contributed by atoms with Gasteiger partial charge < -0.3 is 13.9 Å². The van der Waals surface area contributed by atoms with E-state index >= 15 is 0 Å². The number of carbonyl (C=O) groups excluding carboxylic acids is 3. The minimum atomic E-state index is -2.00. The molecule has 36 heavy (non-hydrogen) atoms. The predicted octanol–water partition coefficient (Wildman–Crippen LogP) is 3.98. The lowest BCUT2D eigenvalue weighted by Crippen LogP contribution is -2.58. The van der Waals surface area contributed by atoms with Gasteiger partial charge in [-0.05, 0) is 47.5 Å². The Hall–Kier alpha value is -4.27. The monoisotopic (exact) mass is 488 g/mol. The molecule has 0 unspecified atom stereocenters. The number of esters is 2. The van der Waals surface area contributed by atoms with Crippen molar-refractivity contribution in [1.29, 1.82) is 0 Å². The fraction of sp³-hybridized carbons (Fsp3) is 0.259. The van der Waals surface area contributed by atoms with Gasteiger partial charge in [0.25, 0.3) is 5.79 Å². The Morgan fingerprint density at radius 1 is 0.972 bits per heavy atom. The van der Waals surface area contributed by atoms with Gasteiger partial charge in [-0.15, -0.1) is 0 Å². The first-order chi connectivity index (χ1) is 17.2.